The summed E-state index contributed by atoms with van der Waals surface area (Å²) in [6.45, 7) is 0. The third kappa shape index (κ3) is 12.0. The molecule has 0 aliphatic rings. The monoisotopic (exact) mass is 985 g/mol. The molecule has 0 aliphatic carbocycles. The zero-order chi connectivity index (χ0) is 52.8. The molecule has 0 amide bonds. The fraction of sp³-hybridized carbons (Fsp3) is 0.0781. The number of esters is 5. The molecule has 0 unspecified atom stereocenters. The molecular formula is C64H43NO10. The van der Waals surface area contributed by atoms with Gasteiger partial charge in [-0.25, -0.2) is 24.0 Å². The Morgan fingerprint density at radius 3 is 0.707 bits per heavy atom. The van der Waals surface area contributed by atoms with Crippen molar-refractivity contribution in [2.45, 2.75) is 0 Å². The van der Waals surface area contributed by atoms with Gasteiger partial charge in [-0.1, -0.05) is 71.6 Å². The third-order valence-corrected chi connectivity index (χ3v) is 11.6. The van der Waals surface area contributed by atoms with Gasteiger partial charge in [-0.3, -0.25) is 0 Å². The van der Waals surface area contributed by atoms with Crippen LogP contribution in [0, 0.1) is 47.4 Å². The van der Waals surface area contributed by atoms with Crippen LogP contribution in [0.1, 0.15) is 96.3 Å². The highest BCUT2D eigenvalue weighted by Gasteiger charge is 2.25. The summed E-state index contributed by atoms with van der Waals surface area (Å²) >= 11 is 0. The Hall–Kier alpha value is -10.6. The summed E-state index contributed by atoms with van der Waals surface area (Å²) < 4.78 is 26.6. The van der Waals surface area contributed by atoms with E-state index in [0.29, 0.717) is 89.4 Å². The second kappa shape index (κ2) is 23.5. The number of hydrogen-bond donors (Lipinski definition) is 0. The number of nitrogens with zero attached hydrogens (tertiary/aromatic N) is 1. The predicted octanol–water partition coefficient (Wildman–Crippen LogP) is 10.3. The predicted molar refractivity (Wildman–Crippen MR) is 283 cm³/mol. The van der Waals surface area contributed by atoms with E-state index in [0.717, 1.165) is 11.1 Å². The molecule has 1 heterocycles. The molecule has 0 fully saturated rings. The number of benzene rings is 7. The van der Waals surface area contributed by atoms with E-state index in [4.69, 9.17) is 23.7 Å². The Kier molecular flexibility index (Phi) is 15.9. The maximum absolute atomic E-state index is 12.8. The van der Waals surface area contributed by atoms with E-state index in [9.17, 15) is 24.0 Å². The zero-order valence-corrected chi connectivity index (χ0v) is 41.2. The van der Waals surface area contributed by atoms with Gasteiger partial charge in [0.25, 0.3) is 0 Å². The molecule has 0 N–H and O–H groups in total. The average Bonchev–Trinajstić information content (AvgIpc) is 3.81. The summed E-state index contributed by atoms with van der Waals surface area (Å²) in [6.07, 6.45) is 0. The lowest BCUT2D eigenvalue weighted by atomic mass is 9.99. The highest BCUT2D eigenvalue weighted by atomic mass is 16.5. The Morgan fingerprint density at radius 1 is 0.280 bits per heavy atom. The average molecular weight is 986 g/mol. The van der Waals surface area contributed by atoms with Crippen LogP contribution in [-0.2, 0) is 23.7 Å². The molecule has 0 aliphatic heterocycles. The lowest BCUT2D eigenvalue weighted by Gasteiger charge is -2.15. The van der Waals surface area contributed by atoms with Crippen LogP contribution in [0.15, 0.2) is 170 Å². The molecule has 1 aromatic heterocycles. The number of aromatic nitrogens is 1. The van der Waals surface area contributed by atoms with E-state index in [1.165, 1.54) is 35.5 Å². The fourth-order valence-corrected chi connectivity index (χ4v) is 7.70. The van der Waals surface area contributed by atoms with Gasteiger partial charge in [0.2, 0.25) is 0 Å². The molecule has 0 bridgehead atoms. The Labute approximate surface area is 433 Å². The minimum atomic E-state index is -0.503. The van der Waals surface area contributed by atoms with Crippen LogP contribution in [0.3, 0.4) is 0 Å². The number of ether oxygens (including phenoxy) is 5. The summed E-state index contributed by atoms with van der Waals surface area (Å²) in [5.41, 5.74) is 10.5. The van der Waals surface area contributed by atoms with E-state index in [1.807, 2.05) is 65.2 Å². The molecule has 7 aromatic carbocycles. The molecular weight excluding hydrogens is 943 g/mol. The topological polar surface area (TPSA) is 136 Å². The summed E-state index contributed by atoms with van der Waals surface area (Å²) in [5, 5.41) is 0. The Morgan fingerprint density at radius 2 is 0.480 bits per heavy atom. The molecule has 0 saturated carbocycles. The van der Waals surface area contributed by atoms with E-state index in [1.54, 1.807) is 109 Å². The van der Waals surface area contributed by atoms with Crippen molar-refractivity contribution in [2.75, 3.05) is 35.5 Å². The molecule has 0 atom stereocenters. The normalized spacial score (nSPS) is 10.0. The highest BCUT2D eigenvalue weighted by Crippen LogP contribution is 2.40. The van der Waals surface area contributed by atoms with Crippen molar-refractivity contribution in [1.29, 1.82) is 0 Å². The minimum absolute atomic E-state index is 0.341. The number of methoxy groups -OCH3 is 5. The molecule has 8 rings (SSSR count). The minimum Gasteiger partial charge on any atom is -0.465 e. The van der Waals surface area contributed by atoms with Crippen LogP contribution in [0.2, 0.25) is 0 Å². The SMILES string of the molecule is COC(=O)c1ccc(C#Cc2ccc(-c3c(C#Cc4ccc(C(=O)OC)cc4)c(C#Cc4ccc(C(=O)OC)cc4)c(-c4ccc(C#Cc5ccc(C(=O)OC)cc5)cc4)n3-c3ccc(C(=O)OC)cc3)cc2)cc1. The van der Waals surface area contributed by atoms with Gasteiger partial charge in [-0.15, -0.1) is 0 Å². The van der Waals surface area contributed by atoms with Crippen molar-refractivity contribution in [2.24, 2.45) is 0 Å². The molecule has 0 radical (unpaired) electrons. The highest BCUT2D eigenvalue weighted by molar-refractivity contribution is 5.92. The van der Waals surface area contributed by atoms with Crippen LogP contribution in [0.5, 0.6) is 0 Å². The molecule has 0 spiro atoms. The lowest BCUT2D eigenvalue weighted by molar-refractivity contribution is 0.0592. The summed E-state index contributed by atoms with van der Waals surface area (Å²) in [7, 11) is 6.62. The van der Waals surface area contributed by atoms with Gasteiger partial charge in [0.1, 0.15) is 0 Å². The summed E-state index contributed by atoms with van der Waals surface area (Å²) in [5.74, 6) is 24.0. The van der Waals surface area contributed by atoms with Crippen LogP contribution < -0.4 is 0 Å². The van der Waals surface area contributed by atoms with E-state index in [2.05, 4.69) is 47.4 Å². The van der Waals surface area contributed by atoms with Gasteiger partial charge in [0.15, 0.2) is 0 Å². The van der Waals surface area contributed by atoms with Crippen LogP contribution in [0.25, 0.3) is 28.2 Å². The molecule has 0 saturated heterocycles. The second-order valence-electron chi connectivity index (χ2n) is 16.3. The standard InChI is InChI=1S/C64H43NO10/c1-71-60(66)50-28-14-44(15-29-50)8-6-42-10-24-48(25-11-42)58-56(40-22-46-18-32-52(33-19-46)62(68)73-3)57(41-23-47-20-34-53(35-21-47)63(69)74-4)59(65(58)55-38-36-54(37-39-55)64(70)75-5)49-26-12-43(13-27-49)7-9-45-16-30-51(31-17-45)61(67)72-2/h10-21,24-39H,1-5H3. The molecule has 8 aromatic rings. The maximum Gasteiger partial charge on any atom is 0.337 e. The lowest BCUT2D eigenvalue weighted by Crippen LogP contribution is -2.04. The van der Waals surface area contributed by atoms with Gasteiger partial charge >= 0.3 is 29.8 Å². The number of rotatable bonds is 8. The Balaban J connectivity index is 1.36. The molecule has 75 heavy (non-hydrogen) atoms. The largest absolute Gasteiger partial charge is 0.465 e. The van der Waals surface area contributed by atoms with Crippen LogP contribution in [-0.4, -0.2) is 70.0 Å². The number of hydrogen-bond acceptors (Lipinski definition) is 10. The van der Waals surface area contributed by atoms with Gasteiger partial charge in [0.05, 0.1) is 85.9 Å². The maximum atomic E-state index is 12.8. The van der Waals surface area contributed by atoms with Crippen molar-refractivity contribution in [1.82, 2.24) is 4.57 Å². The van der Waals surface area contributed by atoms with Crippen LogP contribution >= 0.6 is 0 Å². The Bertz CT molecular complexity index is 3510. The quantitative estimate of drug-likeness (QED) is 0.0822. The van der Waals surface area contributed by atoms with E-state index in [-0.39, 0.29) is 0 Å². The first kappa shape index (κ1) is 50.8. The molecule has 11 nitrogen and oxygen atoms in total. The first-order valence-corrected chi connectivity index (χ1v) is 23.0. The number of carbonyl (C=O) groups excluding carboxylic acids is 5. The van der Waals surface area contributed by atoms with Crippen molar-refractivity contribution in [3.63, 3.8) is 0 Å². The fourth-order valence-electron chi connectivity index (χ4n) is 7.70. The second-order valence-corrected chi connectivity index (χ2v) is 16.3. The number of carbonyl (C=O) groups is 5. The van der Waals surface area contributed by atoms with Crippen molar-refractivity contribution in [3.05, 3.63) is 242 Å². The zero-order valence-electron chi connectivity index (χ0n) is 41.2. The first-order chi connectivity index (χ1) is 36.5. The van der Waals surface area contributed by atoms with E-state index >= 15 is 0 Å². The summed E-state index contributed by atoms with van der Waals surface area (Å²) in [6, 6.07) is 49.5. The van der Waals surface area contributed by atoms with Crippen molar-refractivity contribution >= 4 is 29.8 Å². The van der Waals surface area contributed by atoms with Crippen LogP contribution in [0.4, 0.5) is 0 Å². The molecule has 11 heteroatoms. The third-order valence-electron chi connectivity index (χ3n) is 11.6. The van der Waals surface area contributed by atoms with Gasteiger partial charge in [0, 0.05) is 39.1 Å². The van der Waals surface area contributed by atoms with Gasteiger partial charge in [-0.05, 0) is 157 Å². The van der Waals surface area contributed by atoms with E-state index < -0.39 is 29.8 Å². The smallest absolute Gasteiger partial charge is 0.337 e. The van der Waals surface area contributed by atoms with Crippen molar-refractivity contribution in [3.8, 4) is 75.6 Å². The first-order valence-electron chi connectivity index (χ1n) is 23.0. The summed E-state index contributed by atoms with van der Waals surface area (Å²) in [4.78, 5) is 61.6. The van der Waals surface area contributed by atoms with Gasteiger partial charge in [-0.2, -0.15) is 0 Å². The van der Waals surface area contributed by atoms with Crippen molar-refractivity contribution < 1.29 is 47.7 Å². The molecule has 364 valence electrons. The van der Waals surface area contributed by atoms with Gasteiger partial charge < -0.3 is 28.3 Å².